The number of nitro benzene ring substituents is 1. The van der Waals surface area contributed by atoms with Gasteiger partial charge < -0.3 is 14.7 Å². The van der Waals surface area contributed by atoms with Gasteiger partial charge in [-0.3, -0.25) is 14.9 Å². The molecule has 5 rings (SSSR count). The first-order chi connectivity index (χ1) is 16.4. The number of anilines is 2. The minimum atomic E-state index is -0.366. The van der Waals surface area contributed by atoms with Crippen LogP contribution in [-0.2, 0) is 0 Å². The Bertz CT molecular complexity index is 1240. The van der Waals surface area contributed by atoms with Crippen molar-refractivity contribution in [1.82, 2.24) is 9.88 Å². The fourth-order valence-electron chi connectivity index (χ4n) is 4.84. The second-order valence-electron chi connectivity index (χ2n) is 9.14. The summed E-state index contributed by atoms with van der Waals surface area (Å²) in [5, 5.41) is 12.8. The molecule has 2 aliphatic rings. The van der Waals surface area contributed by atoms with Gasteiger partial charge in [0.1, 0.15) is 5.69 Å². The molecule has 2 fully saturated rings. The highest BCUT2D eigenvalue weighted by Gasteiger charge is 2.27. The highest BCUT2D eigenvalue weighted by atomic mass is 32.1. The van der Waals surface area contributed by atoms with Crippen LogP contribution in [0.5, 0.6) is 0 Å². The van der Waals surface area contributed by atoms with Gasteiger partial charge in [0.05, 0.1) is 15.1 Å². The number of thiazole rings is 1. The number of nitrogens with zero attached hydrogens (tertiary/aromatic N) is 5. The summed E-state index contributed by atoms with van der Waals surface area (Å²) >= 11 is 1.68. The van der Waals surface area contributed by atoms with E-state index in [0.717, 1.165) is 43.0 Å². The number of nitro groups is 1. The molecule has 1 aromatic heterocycles. The normalized spacial score (nSPS) is 16.8. The van der Waals surface area contributed by atoms with E-state index in [-0.39, 0.29) is 16.5 Å². The van der Waals surface area contributed by atoms with Gasteiger partial charge in [0.2, 0.25) is 0 Å². The third-order valence-electron chi connectivity index (χ3n) is 7.03. The molecule has 0 spiro atoms. The Hall–Kier alpha value is -3.20. The topological polar surface area (TPSA) is 82.8 Å². The smallest absolute Gasteiger partial charge is 0.293 e. The lowest BCUT2D eigenvalue weighted by molar-refractivity contribution is -0.384. The molecule has 178 valence electrons. The molecular weight excluding hydrogens is 450 g/mol. The molecule has 0 atom stereocenters. The Morgan fingerprint density at radius 2 is 1.71 bits per heavy atom. The van der Waals surface area contributed by atoms with Gasteiger partial charge in [-0.2, -0.15) is 0 Å². The first kappa shape index (κ1) is 22.6. The summed E-state index contributed by atoms with van der Waals surface area (Å²) < 4.78 is 1.18. The SMILES string of the molecule is Cc1ccc2sc(N3CCN(C(=O)c4ccc(N5CCCCC5)c([N+](=O)[O-])c4)CC3)nc2c1C. The average molecular weight is 480 g/mol. The van der Waals surface area contributed by atoms with Crippen LogP contribution < -0.4 is 9.80 Å². The van der Waals surface area contributed by atoms with Crippen LogP contribution in [0.4, 0.5) is 16.5 Å². The lowest BCUT2D eigenvalue weighted by Gasteiger charge is -2.34. The minimum Gasteiger partial charge on any atom is -0.366 e. The van der Waals surface area contributed by atoms with Gasteiger partial charge >= 0.3 is 0 Å². The van der Waals surface area contributed by atoms with Gasteiger partial charge in [-0.25, -0.2) is 4.98 Å². The third-order valence-corrected chi connectivity index (χ3v) is 8.11. The summed E-state index contributed by atoms with van der Waals surface area (Å²) in [6.07, 6.45) is 3.23. The molecule has 0 N–H and O–H groups in total. The number of hydrogen-bond donors (Lipinski definition) is 0. The van der Waals surface area contributed by atoms with Crippen LogP contribution in [0.2, 0.25) is 0 Å². The molecule has 0 bridgehead atoms. The van der Waals surface area contributed by atoms with E-state index in [1.54, 1.807) is 28.4 Å². The van der Waals surface area contributed by atoms with Gasteiger partial charge in [-0.15, -0.1) is 0 Å². The predicted molar refractivity (Wildman–Crippen MR) is 136 cm³/mol. The Morgan fingerprint density at radius 3 is 2.41 bits per heavy atom. The zero-order valence-electron chi connectivity index (χ0n) is 19.6. The number of carbonyl (C=O) groups excluding carboxylic acids is 1. The molecule has 9 heteroatoms. The van der Waals surface area contributed by atoms with E-state index < -0.39 is 0 Å². The second-order valence-corrected chi connectivity index (χ2v) is 10.1. The van der Waals surface area contributed by atoms with Crippen LogP contribution in [0.25, 0.3) is 10.2 Å². The van der Waals surface area contributed by atoms with Crippen molar-refractivity contribution in [3.63, 3.8) is 0 Å². The van der Waals surface area contributed by atoms with E-state index >= 15 is 0 Å². The fraction of sp³-hybridized carbons (Fsp3) is 0.440. The summed E-state index contributed by atoms with van der Waals surface area (Å²) in [5.41, 5.74) is 4.52. The van der Waals surface area contributed by atoms with E-state index in [4.69, 9.17) is 4.98 Å². The lowest BCUT2D eigenvalue weighted by Crippen LogP contribution is -2.48. The quantitative estimate of drug-likeness (QED) is 0.396. The van der Waals surface area contributed by atoms with Crippen LogP contribution >= 0.6 is 11.3 Å². The molecule has 0 aliphatic carbocycles. The number of aryl methyl sites for hydroxylation is 2. The van der Waals surface area contributed by atoms with Gasteiger partial charge in [-0.05, 0) is 62.4 Å². The number of rotatable bonds is 4. The average Bonchev–Trinajstić information content (AvgIpc) is 3.31. The standard InChI is InChI=1S/C25H29N5O3S/c1-17-6-9-22-23(18(17)2)26-25(34-22)29-14-12-28(13-15-29)24(31)19-7-8-20(21(16-19)30(32)33)27-10-4-3-5-11-27/h6-9,16H,3-5,10-15H2,1-2H3. The molecule has 34 heavy (non-hydrogen) atoms. The van der Waals surface area contributed by atoms with Crippen molar-refractivity contribution >= 4 is 44.0 Å². The number of benzene rings is 2. The zero-order chi connectivity index (χ0) is 23.8. The van der Waals surface area contributed by atoms with Crippen LogP contribution in [0, 0.1) is 24.0 Å². The lowest BCUT2D eigenvalue weighted by atomic mass is 10.1. The number of carbonyl (C=O) groups is 1. The Morgan fingerprint density at radius 1 is 0.971 bits per heavy atom. The highest BCUT2D eigenvalue weighted by Crippen LogP contribution is 2.34. The monoisotopic (exact) mass is 479 g/mol. The maximum atomic E-state index is 13.2. The molecule has 3 heterocycles. The van der Waals surface area contributed by atoms with Crippen molar-refractivity contribution in [2.75, 3.05) is 49.1 Å². The second kappa shape index (κ2) is 9.21. The molecule has 1 amide bonds. The Kier molecular flexibility index (Phi) is 6.12. The Balaban J connectivity index is 1.29. The number of aromatic nitrogens is 1. The molecule has 2 saturated heterocycles. The van der Waals surface area contributed by atoms with Gasteiger partial charge in [0.25, 0.3) is 11.6 Å². The number of fused-ring (bicyclic) bond motifs is 1. The summed E-state index contributed by atoms with van der Waals surface area (Å²) in [5.74, 6) is -0.149. The number of piperidine rings is 1. The molecule has 2 aliphatic heterocycles. The molecule has 8 nitrogen and oxygen atoms in total. The number of piperazine rings is 1. The van der Waals surface area contributed by atoms with Crippen LogP contribution in [0.3, 0.4) is 0 Å². The van der Waals surface area contributed by atoms with Crippen LogP contribution in [0.1, 0.15) is 40.7 Å². The first-order valence-electron chi connectivity index (χ1n) is 11.9. The van der Waals surface area contributed by atoms with Gasteiger partial charge in [-0.1, -0.05) is 17.4 Å². The van der Waals surface area contributed by atoms with Crippen molar-refractivity contribution in [2.45, 2.75) is 33.1 Å². The summed E-state index contributed by atoms with van der Waals surface area (Å²) in [7, 11) is 0. The van der Waals surface area contributed by atoms with Crippen molar-refractivity contribution in [2.24, 2.45) is 0 Å². The molecule has 0 radical (unpaired) electrons. The first-order valence-corrected chi connectivity index (χ1v) is 12.7. The van der Waals surface area contributed by atoms with Crippen molar-refractivity contribution in [3.05, 3.63) is 57.1 Å². The van der Waals surface area contributed by atoms with Gasteiger partial charge in [0.15, 0.2) is 5.13 Å². The van der Waals surface area contributed by atoms with Crippen LogP contribution in [-0.4, -0.2) is 60.0 Å². The number of hydrogen-bond acceptors (Lipinski definition) is 7. The minimum absolute atomic E-state index is 0.0199. The molecule has 0 saturated carbocycles. The van der Waals surface area contributed by atoms with E-state index in [0.29, 0.717) is 37.4 Å². The predicted octanol–water partition coefficient (Wildman–Crippen LogP) is 4.77. The van der Waals surface area contributed by atoms with Crippen LogP contribution in [0.15, 0.2) is 30.3 Å². The Labute approximate surface area is 202 Å². The maximum absolute atomic E-state index is 13.2. The number of amides is 1. The van der Waals surface area contributed by atoms with E-state index in [9.17, 15) is 14.9 Å². The fourth-order valence-corrected chi connectivity index (χ4v) is 5.91. The maximum Gasteiger partial charge on any atom is 0.293 e. The summed E-state index contributed by atoms with van der Waals surface area (Å²) in [6.45, 7) is 8.36. The van der Waals surface area contributed by atoms with Gasteiger partial charge in [0, 0.05) is 50.9 Å². The van der Waals surface area contributed by atoms with E-state index in [1.165, 1.54) is 21.9 Å². The molecule has 0 unspecified atom stereocenters. The largest absolute Gasteiger partial charge is 0.366 e. The summed E-state index contributed by atoms with van der Waals surface area (Å²) in [4.78, 5) is 35.6. The van der Waals surface area contributed by atoms with Crippen molar-refractivity contribution in [1.29, 1.82) is 0 Å². The third kappa shape index (κ3) is 4.20. The molecule has 2 aromatic carbocycles. The van der Waals surface area contributed by atoms with Crippen molar-refractivity contribution in [3.8, 4) is 0 Å². The zero-order valence-corrected chi connectivity index (χ0v) is 20.4. The molecule has 3 aromatic rings. The molecular formula is C25H29N5O3S. The highest BCUT2D eigenvalue weighted by molar-refractivity contribution is 7.22. The van der Waals surface area contributed by atoms with Crippen molar-refractivity contribution < 1.29 is 9.72 Å². The van der Waals surface area contributed by atoms with E-state index in [2.05, 4.69) is 35.8 Å². The summed E-state index contributed by atoms with van der Waals surface area (Å²) in [6, 6.07) is 9.20. The van der Waals surface area contributed by atoms with E-state index in [1.807, 2.05) is 0 Å².